The van der Waals surface area contributed by atoms with E-state index < -0.39 is 0 Å². The summed E-state index contributed by atoms with van der Waals surface area (Å²) in [5.74, 6) is 1.52. The maximum Gasteiger partial charge on any atom is 1.00 e. The van der Waals surface area contributed by atoms with Gasteiger partial charge in [-0.05, 0) is 68.0 Å². The van der Waals surface area contributed by atoms with Gasteiger partial charge in [0.05, 0.1) is 0 Å². The number of nitrogens with zero attached hydrogens (tertiary/aromatic N) is 2. The molecule has 164 valence electrons. The predicted octanol–water partition coefficient (Wildman–Crippen LogP) is 3.04. The molecule has 0 amide bonds. The number of aryl methyl sites for hydroxylation is 1. The number of benzene rings is 1. The van der Waals surface area contributed by atoms with Crippen LogP contribution in [0.1, 0.15) is 67.0 Å². The Morgan fingerprint density at radius 2 is 2.00 bits per heavy atom. The largest absolute Gasteiger partial charge is 1.00 e. The summed E-state index contributed by atoms with van der Waals surface area (Å²) < 4.78 is 0. The first-order chi connectivity index (χ1) is 15.7. The molecule has 2 fully saturated rings. The number of aromatic nitrogens is 2. The molecule has 2 aliphatic rings. The van der Waals surface area contributed by atoms with Gasteiger partial charge < -0.3 is 27.1 Å². The topological polar surface area (TPSA) is 61.9 Å². The number of allylic oxidation sites excluding steroid dienone is 1. The van der Waals surface area contributed by atoms with Crippen LogP contribution in [0.5, 0.6) is 0 Å². The van der Waals surface area contributed by atoms with Gasteiger partial charge >= 0.3 is 51.4 Å². The zero-order chi connectivity index (χ0) is 21.9. The van der Waals surface area contributed by atoms with Crippen LogP contribution < -0.4 is 67.3 Å². The Balaban J connectivity index is 0.00000259. The molecule has 0 saturated heterocycles. The normalized spacial score (nSPS) is 15.6. The Bertz CT molecular complexity index is 1140. The molecule has 6 heteroatoms. The summed E-state index contributed by atoms with van der Waals surface area (Å²) in [4.78, 5) is 8.98. The number of anilines is 2. The second-order valence-corrected chi connectivity index (χ2v) is 8.81. The Kier molecular flexibility index (Phi) is 8.14. The average molecular weight is 463 g/mol. The van der Waals surface area contributed by atoms with Gasteiger partial charge in [-0.2, -0.15) is 17.8 Å². The molecule has 0 bridgehead atoms. The van der Waals surface area contributed by atoms with Crippen molar-refractivity contribution in [2.45, 2.75) is 51.5 Å². The second kappa shape index (κ2) is 11.1. The minimum atomic E-state index is 0. The first kappa shape index (κ1) is 24.3. The minimum absolute atomic E-state index is 0. The SMILES string of the molecule is Cc1cnc(NC=[C-]NC(C)c2cccc(NC(=C3CC3)c3ccc(C4CC4)nc3)c2)[cH-]1.[K+]. The zero-order valence-electron chi connectivity index (χ0n) is 19.7. The van der Waals surface area contributed by atoms with Crippen molar-refractivity contribution in [1.82, 2.24) is 15.3 Å². The molecule has 2 aromatic heterocycles. The van der Waals surface area contributed by atoms with Gasteiger partial charge in [0.25, 0.3) is 0 Å². The van der Waals surface area contributed by atoms with E-state index in [2.05, 4.69) is 70.5 Å². The first-order valence-corrected chi connectivity index (χ1v) is 11.4. The summed E-state index contributed by atoms with van der Waals surface area (Å²) in [5, 5.41) is 10.1. The molecule has 2 saturated carbocycles. The van der Waals surface area contributed by atoms with Crippen molar-refractivity contribution in [3.8, 4) is 0 Å². The Hall–Kier alpha value is -1.83. The molecule has 2 aliphatic carbocycles. The Labute approximate surface area is 239 Å². The van der Waals surface area contributed by atoms with Gasteiger partial charge in [0.1, 0.15) is 0 Å². The smallest absolute Gasteiger partial charge is 0.560 e. The van der Waals surface area contributed by atoms with Crippen LogP contribution in [0.3, 0.4) is 0 Å². The summed E-state index contributed by atoms with van der Waals surface area (Å²) in [5.41, 5.74) is 8.53. The van der Waals surface area contributed by atoms with Gasteiger partial charge in [0.2, 0.25) is 0 Å². The maximum atomic E-state index is 4.72. The number of pyridine rings is 1. The van der Waals surface area contributed by atoms with E-state index in [4.69, 9.17) is 4.98 Å². The van der Waals surface area contributed by atoms with E-state index in [1.54, 1.807) is 6.20 Å². The molecule has 5 nitrogen and oxygen atoms in total. The van der Waals surface area contributed by atoms with Gasteiger partial charge in [0.15, 0.2) is 0 Å². The molecule has 0 spiro atoms. The summed E-state index contributed by atoms with van der Waals surface area (Å²) in [7, 11) is 0. The minimum Gasteiger partial charge on any atom is -0.560 e. The summed E-state index contributed by atoms with van der Waals surface area (Å²) in [6.45, 7) is 4.16. The van der Waals surface area contributed by atoms with Gasteiger partial charge in [0, 0.05) is 46.6 Å². The van der Waals surface area contributed by atoms with Crippen LogP contribution in [0.25, 0.3) is 5.70 Å². The molecule has 5 rings (SSSR count). The van der Waals surface area contributed by atoms with Crippen LogP contribution in [-0.2, 0) is 0 Å². The number of hydrogen-bond donors (Lipinski definition) is 3. The number of nitrogens with one attached hydrogen (secondary N) is 3. The molecule has 0 aliphatic heterocycles. The quantitative estimate of drug-likeness (QED) is 0.259. The van der Waals surface area contributed by atoms with E-state index in [-0.39, 0.29) is 57.4 Å². The molecule has 0 radical (unpaired) electrons. The molecule has 3 N–H and O–H groups in total. The molecule has 2 heterocycles. The molecule has 1 aromatic carbocycles. The van der Waals surface area contributed by atoms with E-state index in [9.17, 15) is 0 Å². The fourth-order valence-electron chi connectivity index (χ4n) is 3.78. The van der Waals surface area contributed by atoms with E-state index in [0.717, 1.165) is 29.9 Å². The van der Waals surface area contributed by atoms with E-state index >= 15 is 0 Å². The molecule has 1 unspecified atom stereocenters. The van der Waals surface area contributed by atoms with Gasteiger partial charge in [-0.3, -0.25) is 4.98 Å². The number of hydrogen-bond acceptors (Lipinski definition) is 5. The third kappa shape index (κ3) is 6.61. The first-order valence-electron chi connectivity index (χ1n) is 11.4. The van der Waals surface area contributed by atoms with Crippen LogP contribution in [0.2, 0.25) is 0 Å². The monoisotopic (exact) mass is 462 g/mol. The van der Waals surface area contributed by atoms with E-state index in [1.807, 2.05) is 25.4 Å². The Morgan fingerprint density at radius 3 is 2.67 bits per heavy atom. The van der Waals surface area contributed by atoms with Crippen molar-refractivity contribution in [1.29, 1.82) is 0 Å². The van der Waals surface area contributed by atoms with Crippen LogP contribution in [0, 0.1) is 13.1 Å². The fourth-order valence-corrected chi connectivity index (χ4v) is 3.78. The molecule has 1 atom stereocenters. The van der Waals surface area contributed by atoms with E-state index in [0.29, 0.717) is 5.92 Å². The summed E-state index contributed by atoms with van der Waals surface area (Å²) >= 11 is 0. The van der Waals surface area contributed by atoms with Gasteiger partial charge in [-0.15, -0.1) is 6.20 Å². The van der Waals surface area contributed by atoms with Crippen molar-refractivity contribution in [2.24, 2.45) is 0 Å². The fraction of sp³-hybridized carbons (Fsp3) is 0.296. The van der Waals surface area contributed by atoms with Gasteiger partial charge in [-0.1, -0.05) is 19.1 Å². The summed E-state index contributed by atoms with van der Waals surface area (Å²) in [6.07, 6.45) is 13.6. The third-order valence-electron chi connectivity index (χ3n) is 5.94. The van der Waals surface area contributed by atoms with Crippen LogP contribution in [0.15, 0.2) is 66.6 Å². The molecular formula is C27H29KN5-. The van der Waals surface area contributed by atoms with Crippen molar-refractivity contribution in [3.63, 3.8) is 0 Å². The number of rotatable bonds is 9. The molecule has 3 aromatic rings. The Morgan fingerprint density at radius 1 is 1.15 bits per heavy atom. The maximum absolute atomic E-state index is 4.72. The molecule has 33 heavy (non-hydrogen) atoms. The summed E-state index contributed by atoms with van der Waals surface area (Å²) in [6, 6.07) is 15.1. The van der Waals surface area contributed by atoms with Crippen LogP contribution in [-0.4, -0.2) is 9.97 Å². The van der Waals surface area contributed by atoms with Gasteiger partial charge in [-0.25, -0.2) is 0 Å². The van der Waals surface area contributed by atoms with Crippen molar-refractivity contribution < 1.29 is 51.4 Å². The predicted molar refractivity (Wildman–Crippen MR) is 130 cm³/mol. The third-order valence-corrected chi connectivity index (χ3v) is 5.94. The van der Waals surface area contributed by atoms with Crippen LogP contribution >= 0.6 is 0 Å². The second-order valence-electron chi connectivity index (χ2n) is 8.81. The van der Waals surface area contributed by atoms with Crippen molar-refractivity contribution in [3.05, 3.63) is 95.2 Å². The van der Waals surface area contributed by atoms with E-state index in [1.165, 1.54) is 40.9 Å². The van der Waals surface area contributed by atoms with Crippen molar-refractivity contribution >= 4 is 17.2 Å². The van der Waals surface area contributed by atoms with Crippen molar-refractivity contribution in [2.75, 3.05) is 10.6 Å². The van der Waals surface area contributed by atoms with Crippen LogP contribution in [0.4, 0.5) is 11.5 Å². The zero-order valence-corrected chi connectivity index (χ0v) is 22.8. The average Bonchev–Trinajstić information content (AvgIpc) is 3.74. The standard InChI is InChI=1S/C27H29N5.K/c1-18-14-26(31-16-18)29-13-12-28-19(2)22-4-3-5-24(15-22)32-27(21-8-9-21)23-10-11-25(30-17-23)20-6-7-20;/h3-5,10-11,13-17,19-20,28,32H,6-9H2,1-2H3,(H,29,31);/q-2;+1. The molecular weight excluding hydrogens is 433 g/mol.